The van der Waals surface area contributed by atoms with Gasteiger partial charge in [0.2, 0.25) is 5.91 Å². The zero-order valence-electron chi connectivity index (χ0n) is 59.7. The van der Waals surface area contributed by atoms with Gasteiger partial charge in [0.15, 0.2) is 0 Å². The number of nitrogens with one attached hydrogen (secondary N) is 1. The molecule has 3 N–H and O–H groups in total. The van der Waals surface area contributed by atoms with E-state index in [0.717, 1.165) is 44.9 Å². The summed E-state index contributed by atoms with van der Waals surface area (Å²) in [5, 5.41) is 23.3. The van der Waals surface area contributed by atoms with Gasteiger partial charge in [0.25, 0.3) is 0 Å². The first-order valence-corrected chi connectivity index (χ1v) is 40.3. The van der Waals surface area contributed by atoms with Crippen molar-refractivity contribution < 1.29 is 24.5 Å². The average Bonchev–Trinajstić information content (AvgIpc) is 3.58. The zero-order valence-corrected chi connectivity index (χ0v) is 59.7. The second kappa shape index (κ2) is 77.5. The molecule has 0 aliphatic heterocycles. The van der Waals surface area contributed by atoms with Crippen LogP contribution in [0, 0.1) is 0 Å². The SMILES string of the molecule is CCCCCCCCCCCCCCCCCCC/C=C/C(O)C(CO)NC(=O)CCCCCCCCCCCCCCCCCCC/C=C\C/C=C\CCCCCCCCCCCCCCCOC(=O)CCCCCCCCCCCCCCCCC. The number of aliphatic hydroxyl groups excluding tert-OH is 2. The Balaban J connectivity index is 3.37. The standard InChI is InChI=1S/C82H157NO5/c1-3-5-7-9-11-13-15-17-19-20-40-43-47-50-54-58-62-66-70-74-80(85)79(78-84)83-81(86)75-71-67-63-59-55-51-48-44-41-38-36-34-32-30-28-26-24-22-21-23-25-27-29-31-33-35-37-39-42-45-49-53-57-61-65-69-73-77-88-82(87)76-72-68-64-60-56-52-46-18-16-14-12-10-8-6-4-2/h21,23,27,29,70,74,79-80,84-85H,3-20,22,24-26,28,30-69,71-73,75-78H2,1-2H3,(H,83,86)/b23-21-,29-27-,74-70+. The molecule has 6 nitrogen and oxygen atoms in total. The van der Waals surface area contributed by atoms with Crippen LogP contribution in [-0.2, 0) is 14.3 Å². The van der Waals surface area contributed by atoms with Gasteiger partial charge in [-0.2, -0.15) is 0 Å². The summed E-state index contributed by atoms with van der Waals surface area (Å²) >= 11 is 0. The van der Waals surface area contributed by atoms with Crippen LogP contribution in [0.2, 0.25) is 0 Å². The quantitative estimate of drug-likeness (QED) is 0.0320. The molecule has 0 spiro atoms. The number of aliphatic hydroxyl groups is 2. The van der Waals surface area contributed by atoms with Crippen LogP contribution in [0.5, 0.6) is 0 Å². The monoisotopic (exact) mass is 1240 g/mol. The van der Waals surface area contributed by atoms with Crippen LogP contribution < -0.4 is 5.32 Å². The third-order valence-corrected chi connectivity index (χ3v) is 18.9. The molecule has 0 saturated carbocycles. The van der Waals surface area contributed by atoms with E-state index >= 15 is 0 Å². The van der Waals surface area contributed by atoms with E-state index in [1.807, 2.05) is 6.08 Å². The average molecular weight is 1240 g/mol. The minimum Gasteiger partial charge on any atom is -0.466 e. The van der Waals surface area contributed by atoms with Gasteiger partial charge in [-0.15, -0.1) is 0 Å². The van der Waals surface area contributed by atoms with Crippen molar-refractivity contribution in [2.24, 2.45) is 0 Å². The van der Waals surface area contributed by atoms with Crippen LogP contribution in [0.15, 0.2) is 36.5 Å². The van der Waals surface area contributed by atoms with Gasteiger partial charge >= 0.3 is 5.97 Å². The summed E-state index contributed by atoms with van der Waals surface area (Å²) in [7, 11) is 0. The lowest BCUT2D eigenvalue weighted by Gasteiger charge is -2.20. The number of carbonyl (C=O) groups excluding carboxylic acids is 2. The highest BCUT2D eigenvalue weighted by molar-refractivity contribution is 5.76. The van der Waals surface area contributed by atoms with Crippen molar-refractivity contribution >= 4 is 11.9 Å². The molecule has 0 radical (unpaired) electrons. The molecule has 0 aliphatic carbocycles. The molecule has 0 aromatic heterocycles. The maximum atomic E-state index is 12.5. The Bertz CT molecular complexity index is 1430. The molecule has 0 aromatic carbocycles. The van der Waals surface area contributed by atoms with Crippen molar-refractivity contribution in [3.63, 3.8) is 0 Å². The van der Waals surface area contributed by atoms with Gasteiger partial charge in [-0.05, 0) is 64.2 Å². The van der Waals surface area contributed by atoms with Crippen molar-refractivity contribution in [2.75, 3.05) is 13.2 Å². The lowest BCUT2D eigenvalue weighted by atomic mass is 10.0. The highest BCUT2D eigenvalue weighted by Gasteiger charge is 2.18. The first kappa shape index (κ1) is 86.1. The predicted octanol–water partition coefficient (Wildman–Crippen LogP) is 26.6. The Hall–Kier alpha value is -1.92. The van der Waals surface area contributed by atoms with E-state index in [-0.39, 0.29) is 18.5 Å². The molecule has 2 atom stereocenters. The van der Waals surface area contributed by atoms with Gasteiger partial charge in [-0.1, -0.05) is 410 Å². The molecule has 88 heavy (non-hydrogen) atoms. The number of hydrogen-bond acceptors (Lipinski definition) is 5. The first-order valence-electron chi connectivity index (χ1n) is 40.3. The summed E-state index contributed by atoms with van der Waals surface area (Å²) in [5.41, 5.74) is 0. The van der Waals surface area contributed by atoms with Crippen LogP contribution in [0.3, 0.4) is 0 Å². The maximum Gasteiger partial charge on any atom is 0.305 e. The van der Waals surface area contributed by atoms with E-state index in [2.05, 4.69) is 43.5 Å². The second-order valence-corrected chi connectivity index (χ2v) is 27.8. The Morgan fingerprint density at radius 2 is 0.568 bits per heavy atom. The third kappa shape index (κ3) is 73.1. The summed E-state index contributed by atoms with van der Waals surface area (Å²) in [6.07, 6.45) is 101. The van der Waals surface area contributed by atoms with E-state index in [4.69, 9.17) is 4.74 Å². The topological polar surface area (TPSA) is 95.9 Å². The number of ether oxygens (including phenoxy) is 1. The van der Waals surface area contributed by atoms with Gasteiger partial charge in [0, 0.05) is 12.8 Å². The van der Waals surface area contributed by atoms with E-state index in [1.165, 1.54) is 379 Å². The van der Waals surface area contributed by atoms with Gasteiger partial charge < -0.3 is 20.3 Å². The first-order chi connectivity index (χ1) is 43.5. The van der Waals surface area contributed by atoms with E-state index < -0.39 is 12.1 Å². The van der Waals surface area contributed by atoms with Crippen molar-refractivity contribution in [2.45, 2.75) is 463 Å². The fraction of sp³-hybridized carbons (Fsp3) is 0.902. The Morgan fingerprint density at radius 3 is 0.864 bits per heavy atom. The fourth-order valence-corrected chi connectivity index (χ4v) is 12.8. The van der Waals surface area contributed by atoms with Crippen LogP contribution in [-0.4, -0.2) is 47.4 Å². The minimum absolute atomic E-state index is 0.0222. The molecular weight excluding hydrogens is 1080 g/mol. The summed E-state index contributed by atoms with van der Waals surface area (Å²) in [5.74, 6) is -0.0390. The van der Waals surface area contributed by atoms with Crippen molar-refractivity contribution in [1.29, 1.82) is 0 Å². The van der Waals surface area contributed by atoms with Crippen LogP contribution in [0.4, 0.5) is 0 Å². The molecule has 1 amide bonds. The molecule has 520 valence electrons. The fourth-order valence-electron chi connectivity index (χ4n) is 12.8. The van der Waals surface area contributed by atoms with Crippen molar-refractivity contribution in [3.8, 4) is 0 Å². The minimum atomic E-state index is -0.843. The Kier molecular flexibility index (Phi) is 75.8. The molecule has 0 saturated heterocycles. The number of unbranched alkanes of at least 4 members (excludes halogenated alkanes) is 61. The smallest absolute Gasteiger partial charge is 0.305 e. The molecule has 0 aromatic rings. The third-order valence-electron chi connectivity index (χ3n) is 18.9. The molecular formula is C82H157NO5. The predicted molar refractivity (Wildman–Crippen MR) is 389 cm³/mol. The van der Waals surface area contributed by atoms with Gasteiger partial charge in [0.1, 0.15) is 0 Å². The molecule has 2 unspecified atom stereocenters. The summed E-state index contributed by atoms with van der Waals surface area (Å²) in [6.45, 7) is 4.96. The van der Waals surface area contributed by atoms with E-state index in [0.29, 0.717) is 19.4 Å². The summed E-state index contributed by atoms with van der Waals surface area (Å²) in [4.78, 5) is 24.6. The Labute approximate surface area is 551 Å². The molecule has 6 heteroatoms. The van der Waals surface area contributed by atoms with E-state index in [9.17, 15) is 19.8 Å². The number of esters is 1. The number of carbonyl (C=O) groups is 2. The molecule has 0 heterocycles. The summed E-state index contributed by atoms with van der Waals surface area (Å²) < 4.78 is 5.50. The highest BCUT2D eigenvalue weighted by atomic mass is 16.5. The number of rotatable bonds is 76. The van der Waals surface area contributed by atoms with Gasteiger partial charge in [-0.25, -0.2) is 0 Å². The highest BCUT2D eigenvalue weighted by Crippen LogP contribution is 2.20. The molecule has 0 aliphatic rings. The summed E-state index contributed by atoms with van der Waals surface area (Å²) in [6, 6.07) is -0.627. The zero-order chi connectivity index (χ0) is 63.5. The van der Waals surface area contributed by atoms with Crippen LogP contribution >= 0.6 is 0 Å². The number of amides is 1. The molecule has 0 bridgehead atoms. The van der Waals surface area contributed by atoms with Crippen molar-refractivity contribution in [1.82, 2.24) is 5.32 Å². The van der Waals surface area contributed by atoms with E-state index in [1.54, 1.807) is 6.08 Å². The molecule has 0 rings (SSSR count). The largest absolute Gasteiger partial charge is 0.466 e. The van der Waals surface area contributed by atoms with Gasteiger partial charge in [-0.3, -0.25) is 9.59 Å². The number of hydrogen-bond donors (Lipinski definition) is 3. The lowest BCUT2D eigenvalue weighted by Crippen LogP contribution is -2.45. The van der Waals surface area contributed by atoms with Crippen LogP contribution in [0.1, 0.15) is 450 Å². The van der Waals surface area contributed by atoms with Crippen LogP contribution in [0.25, 0.3) is 0 Å². The van der Waals surface area contributed by atoms with Gasteiger partial charge in [0.05, 0.1) is 25.4 Å². The lowest BCUT2D eigenvalue weighted by molar-refractivity contribution is -0.143. The Morgan fingerprint density at radius 1 is 0.318 bits per heavy atom. The molecule has 0 fully saturated rings. The van der Waals surface area contributed by atoms with Crippen molar-refractivity contribution in [3.05, 3.63) is 36.5 Å². The maximum absolute atomic E-state index is 12.5. The number of allylic oxidation sites excluding steroid dienone is 5. The normalized spacial score (nSPS) is 12.6. The second-order valence-electron chi connectivity index (χ2n) is 27.8.